The fourth-order valence-electron chi connectivity index (χ4n) is 0.807. The van der Waals surface area contributed by atoms with Gasteiger partial charge in [0.15, 0.2) is 0 Å². The van der Waals surface area contributed by atoms with E-state index in [4.69, 9.17) is 0 Å². The molecule has 0 saturated carbocycles. The summed E-state index contributed by atoms with van der Waals surface area (Å²) in [6, 6.07) is 7.34. The first-order chi connectivity index (χ1) is 5.24. The van der Waals surface area contributed by atoms with Crippen molar-refractivity contribution in [3.63, 3.8) is 0 Å². The van der Waals surface area contributed by atoms with E-state index in [1.165, 1.54) is 0 Å². The molecule has 0 saturated heterocycles. The second-order valence-corrected chi connectivity index (χ2v) is 2.77. The lowest BCUT2D eigenvalue weighted by Crippen LogP contribution is -2.01. The van der Waals surface area contributed by atoms with Gasteiger partial charge < -0.3 is 4.43 Å². The molecule has 0 N–H and O–H groups in total. The molecule has 1 rings (SSSR count). The molecule has 0 spiro atoms. The number of hydrogen-bond acceptors (Lipinski definition) is 2. The average molecular weight is 166 g/mol. The van der Waals surface area contributed by atoms with Crippen LogP contribution in [-0.4, -0.2) is 16.5 Å². The van der Waals surface area contributed by atoms with Gasteiger partial charge in [-0.05, 0) is 19.1 Å². The van der Waals surface area contributed by atoms with Crippen LogP contribution in [-0.2, 0) is 4.43 Å². The molecular formula is C8H10O2Si. The van der Waals surface area contributed by atoms with E-state index in [-0.39, 0.29) is 5.97 Å². The lowest BCUT2D eigenvalue weighted by molar-refractivity contribution is 0.0749. The predicted octanol–water partition coefficient (Wildman–Crippen LogP) is 0.432. The molecule has 0 aliphatic carbocycles. The normalized spacial score (nSPS) is 9.55. The Balaban J connectivity index is 2.90. The van der Waals surface area contributed by atoms with Crippen molar-refractivity contribution in [2.45, 2.75) is 6.92 Å². The summed E-state index contributed by atoms with van der Waals surface area (Å²) in [5.74, 6) is -0.225. The maximum atomic E-state index is 10.9. The first-order valence-corrected chi connectivity index (χ1v) is 4.20. The highest BCUT2D eigenvalue weighted by Crippen LogP contribution is 2.03. The van der Waals surface area contributed by atoms with Crippen LogP contribution < -0.4 is 0 Å². The number of rotatable bonds is 1. The summed E-state index contributed by atoms with van der Waals surface area (Å²) in [6.45, 7) is 1.98. The average Bonchev–Trinajstić information content (AvgIpc) is 2.05. The first-order valence-electron chi connectivity index (χ1n) is 3.39. The van der Waals surface area contributed by atoms with Gasteiger partial charge in [-0.3, -0.25) is 0 Å². The monoisotopic (exact) mass is 166 g/mol. The second kappa shape index (κ2) is 3.34. The standard InChI is InChI=1S/C8H10O2Si/c1-6-2-4-7(5-3-6)8(9)10-11/h2-5H,1,11H3. The van der Waals surface area contributed by atoms with Gasteiger partial charge in [-0.15, -0.1) is 0 Å². The molecule has 0 fully saturated rings. The van der Waals surface area contributed by atoms with Gasteiger partial charge in [0.05, 0.1) is 5.56 Å². The van der Waals surface area contributed by atoms with Crippen molar-refractivity contribution >= 4 is 16.5 Å². The molecule has 0 unspecified atom stereocenters. The van der Waals surface area contributed by atoms with Gasteiger partial charge in [0.2, 0.25) is 10.5 Å². The summed E-state index contributed by atoms with van der Waals surface area (Å²) in [6.07, 6.45) is 0. The van der Waals surface area contributed by atoms with E-state index >= 15 is 0 Å². The third-order valence-corrected chi connectivity index (χ3v) is 1.84. The van der Waals surface area contributed by atoms with E-state index in [9.17, 15) is 4.79 Å². The molecule has 0 bridgehead atoms. The predicted molar refractivity (Wildman–Crippen MR) is 46.5 cm³/mol. The second-order valence-electron chi connectivity index (χ2n) is 2.36. The zero-order valence-electron chi connectivity index (χ0n) is 6.63. The van der Waals surface area contributed by atoms with Crippen LogP contribution in [0.1, 0.15) is 15.9 Å². The number of carbonyl (C=O) groups excluding carboxylic acids is 1. The summed E-state index contributed by atoms with van der Waals surface area (Å²) in [4.78, 5) is 10.9. The van der Waals surface area contributed by atoms with Crippen molar-refractivity contribution in [2.75, 3.05) is 0 Å². The lowest BCUT2D eigenvalue weighted by atomic mass is 10.2. The Hall–Kier alpha value is -1.09. The molecule has 1 aromatic rings. The minimum absolute atomic E-state index is 0.225. The van der Waals surface area contributed by atoms with E-state index in [1.807, 2.05) is 19.1 Å². The van der Waals surface area contributed by atoms with Gasteiger partial charge in [0.1, 0.15) is 0 Å². The molecule has 0 atom stereocenters. The SMILES string of the molecule is Cc1ccc(C(=O)O[SiH3])cc1. The van der Waals surface area contributed by atoms with Gasteiger partial charge in [0.25, 0.3) is 0 Å². The Morgan fingerprint density at radius 3 is 2.36 bits per heavy atom. The molecule has 1 aromatic carbocycles. The van der Waals surface area contributed by atoms with Crippen LogP contribution in [0.3, 0.4) is 0 Å². The van der Waals surface area contributed by atoms with Gasteiger partial charge >= 0.3 is 5.97 Å². The van der Waals surface area contributed by atoms with E-state index < -0.39 is 0 Å². The van der Waals surface area contributed by atoms with Crippen molar-refractivity contribution in [2.24, 2.45) is 0 Å². The molecule has 0 aromatic heterocycles. The van der Waals surface area contributed by atoms with Crippen LogP contribution in [0.2, 0.25) is 0 Å². The van der Waals surface area contributed by atoms with Gasteiger partial charge in [-0.2, -0.15) is 0 Å². The Bertz CT molecular complexity index is 253. The van der Waals surface area contributed by atoms with Crippen LogP contribution in [0, 0.1) is 6.92 Å². The molecule has 2 nitrogen and oxygen atoms in total. The van der Waals surface area contributed by atoms with Crippen molar-refractivity contribution in [1.82, 2.24) is 0 Å². The minimum Gasteiger partial charge on any atom is -0.525 e. The number of carbonyl (C=O) groups is 1. The van der Waals surface area contributed by atoms with E-state index in [2.05, 4.69) is 4.43 Å². The topological polar surface area (TPSA) is 26.3 Å². The highest BCUT2D eigenvalue weighted by atomic mass is 28.2. The summed E-state index contributed by atoms with van der Waals surface area (Å²) < 4.78 is 4.68. The van der Waals surface area contributed by atoms with E-state index in [0.29, 0.717) is 16.0 Å². The van der Waals surface area contributed by atoms with Crippen molar-refractivity contribution in [3.05, 3.63) is 35.4 Å². The lowest BCUT2D eigenvalue weighted by Gasteiger charge is -1.98. The van der Waals surface area contributed by atoms with Gasteiger partial charge in [-0.1, -0.05) is 17.7 Å². The Morgan fingerprint density at radius 2 is 1.91 bits per heavy atom. The van der Waals surface area contributed by atoms with Crippen molar-refractivity contribution in [3.8, 4) is 0 Å². The maximum absolute atomic E-state index is 10.9. The summed E-state index contributed by atoms with van der Waals surface area (Å²) in [5.41, 5.74) is 1.78. The zero-order chi connectivity index (χ0) is 8.27. The van der Waals surface area contributed by atoms with E-state index in [0.717, 1.165) is 5.56 Å². The maximum Gasteiger partial charge on any atom is 0.324 e. The smallest absolute Gasteiger partial charge is 0.324 e. The Morgan fingerprint density at radius 1 is 1.36 bits per heavy atom. The molecule has 11 heavy (non-hydrogen) atoms. The highest BCUT2D eigenvalue weighted by molar-refractivity contribution is 6.09. The molecule has 0 aliphatic heterocycles. The zero-order valence-corrected chi connectivity index (χ0v) is 8.63. The number of hydrogen-bond donors (Lipinski definition) is 0. The molecular weight excluding hydrogens is 156 g/mol. The Labute approximate surface area is 68.7 Å². The molecule has 0 amide bonds. The van der Waals surface area contributed by atoms with Gasteiger partial charge in [0, 0.05) is 0 Å². The first kappa shape index (κ1) is 8.01. The third-order valence-electron chi connectivity index (χ3n) is 1.47. The fraction of sp³-hybridized carbons (Fsp3) is 0.125. The summed E-state index contributed by atoms with van der Waals surface area (Å²) >= 11 is 0. The number of aryl methyl sites for hydroxylation is 1. The molecule has 58 valence electrons. The minimum atomic E-state index is -0.225. The van der Waals surface area contributed by atoms with Crippen molar-refractivity contribution in [1.29, 1.82) is 0 Å². The van der Waals surface area contributed by atoms with Crippen LogP contribution in [0.5, 0.6) is 0 Å². The van der Waals surface area contributed by atoms with Crippen LogP contribution in [0.25, 0.3) is 0 Å². The largest absolute Gasteiger partial charge is 0.525 e. The molecule has 0 heterocycles. The number of benzene rings is 1. The van der Waals surface area contributed by atoms with Crippen LogP contribution in [0.15, 0.2) is 24.3 Å². The Kier molecular flexibility index (Phi) is 2.43. The third kappa shape index (κ3) is 1.91. The molecule has 0 aliphatic rings. The van der Waals surface area contributed by atoms with Crippen LogP contribution in [0.4, 0.5) is 0 Å². The highest BCUT2D eigenvalue weighted by Gasteiger charge is 2.01. The summed E-state index contributed by atoms with van der Waals surface area (Å²) in [5, 5.41) is 0. The summed E-state index contributed by atoms with van der Waals surface area (Å²) in [7, 11) is 0.456. The fourth-order valence-corrected chi connectivity index (χ4v) is 1.04. The van der Waals surface area contributed by atoms with Crippen molar-refractivity contribution < 1.29 is 9.22 Å². The molecule has 3 heteroatoms. The quantitative estimate of drug-likeness (QED) is 0.566. The molecule has 0 radical (unpaired) electrons. The van der Waals surface area contributed by atoms with E-state index in [1.54, 1.807) is 12.1 Å². The van der Waals surface area contributed by atoms with Gasteiger partial charge in [-0.25, -0.2) is 4.79 Å². The van der Waals surface area contributed by atoms with Crippen LogP contribution >= 0.6 is 0 Å².